The van der Waals surface area contributed by atoms with E-state index >= 15 is 0 Å². The highest BCUT2D eigenvalue weighted by Crippen LogP contribution is 2.53. The van der Waals surface area contributed by atoms with Gasteiger partial charge in [0.15, 0.2) is 11.6 Å². The average molecular weight is 575 g/mol. The fourth-order valence-electron chi connectivity index (χ4n) is 6.03. The molecule has 0 aromatic heterocycles. The summed E-state index contributed by atoms with van der Waals surface area (Å²) in [7, 11) is 0. The highest BCUT2D eigenvalue weighted by Gasteiger charge is 2.55. The predicted octanol–water partition coefficient (Wildman–Crippen LogP) is 8.19. The molecule has 0 saturated carbocycles. The normalized spacial score (nSPS) is 23.5. The van der Waals surface area contributed by atoms with Crippen LogP contribution in [0.25, 0.3) is 0 Å². The summed E-state index contributed by atoms with van der Waals surface area (Å²) in [5.74, 6) is -3.52. The molecule has 1 heterocycles. The van der Waals surface area contributed by atoms with Crippen LogP contribution in [0.15, 0.2) is 88.4 Å². The molecule has 3 rings (SSSR count). The van der Waals surface area contributed by atoms with Crippen LogP contribution in [0.3, 0.4) is 0 Å². The Morgan fingerprint density at radius 3 is 2.26 bits per heavy atom. The lowest BCUT2D eigenvalue weighted by Crippen LogP contribution is -2.47. The van der Waals surface area contributed by atoms with Crippen LogP contribution >= 0.6 is 0 Å². The number of carboxylic acids is 1. The molecular weight excluding hydrogens is 528 g/mol. The largest absolute Gasteiger partial charge is 0.511 e. The van der Waals surface area contributed by atoms with Gasteiger partial charge in [-0.3, -0.25) is 14.4 Å². The maximum Gasteiger partial charge on any atom is 0.304 e. The van der Waals surface area contributed by atoms with Gasteiger partial charge in [-0.05, 0) is 78.7 Å². The van der Waals surface area contributed by atoms with E-state index in [2.05, 4.69) is 12.7 Å². The Morgan fingerprint density at radius 1 is 1.07 bits per heavy atom. The van der Waals surface area contributed by atoms with Gasteiger partial charge in [0.05, 0.1) is 17.8 Å². The fourth-order valence-corrected chi connectivity index (χ4v) is 6.03. The first-order chi connectivity index (χ1) is 19.7. The Bertz CT molecular complexity index is 1350. The molecule has 1 aliphatic carbocycles. The number of carbonyl (C=O) groups is 3. The minimum absolute atomic E-state index is 0.0247. The van der Waals surface area contributed by atoms with E-state index in [9.17, 15) is 24.6 Å². The number of carboxylic acid groups (broad SMARTS) is 1. The third kappa shape index (κ3) is 7.03. The second-order valence-electron chi connectivity index (χ2n) is 12.6. The molecule has 2 N–H and O–H groups in total. The van der Waals surface area contributed by atoms with Gasteiger partial charge in [-0.1, -0.05) is 66.1 Å². The van der Waals surface area contributed by atoms with Gasteiger partial charge in [0.25, 0.3) is 0 Å². The number of hydrogen-bond acceptors (Lipinski definition) is 5. The van der Waals surface area contributed by atoms with Crippen molar-refractivity contribution in [1.82, 2.24) is 0 Å². The van der Waals surface area contributed by atoms with Gasteiger partial charge in [0.2, 0.25) is 0 Å². The van der Waals surface area contributed by atoms with E-state index in [1.54, 1.807) is 26.0 Å². The van der Waals surface area contributed by atoms with Crippen LogP contribution in [0.1, 0.15) is 92.1 Å². The van der Waals surface area contributed by atoms with Gasteiger partial charge < -0.3 is 14.9 Å². The number of ether oxygens (including phenoxy) is 1. The number of aliphatic hydroxyl groups is 1. The summed E-state index contributed by atoms with van der Waals surface area (Å²) >= 11 is 0. The van der Waals surface area contributed by atoms with Gasteiger partial charge in [-0.15, -0.1) is 6.58 Å². The predicted molar refractivity (Wildman–Crippen MR) is 166 cm³/mol. The van der Waals surface area contributed by atoms with Crippen molar-refractivity contribution in [3.63, 3.8) is 0 Å². The molecule has 0 saturated heterocycles. The van der Waals surface area contributed by atoms with Crippen molar-refractivity contribution in [1.29, 1.82) is 0 Å². The first-order valence-corrected chi connectivity index (χ1v) is 14.8. The summed E-state index contributed by atoms with van der Waals surface area (Å²) in [5.41, 5.74) is 2.42. The summed E-state index contributed by atoms with van der Waals surface area (Å²) < 4.78 is 6.27. The SMILES string of the molecule is C=C(C)CC[C@@H](C=C(C)C)C[C@@]1(CC=C(C)C)C(=O)C2=C(O[C@@H](C)[C@H](C)C2=O)C([C@H](CC(=O)O)c2ccccc2)=C1O. The lowest BCUT2D eigenvalue weighted by atomic mass is 9.61. The van der Waals surface area contributed by atoms with E-state index in [0.717, 1.165) is 23.1 Å². The molecule has 6 heteroatoms. The molecule has 0 radical (unpaired) electrons. The zero-order chi connectivity index (χ0) is 31.4. The quantitative estimate of drug-likeness (QED) is 0.193. The number of aliphatic hydroxyl groups excluding tert-OH is 1. The summed E-state index contributed by atoms with van der Waals surface area (Å²) in [5, 5.41) is 22.4. The molecule has 1 aliphatic heterocycles. The lowest BCUT2D eigenvalue weighted by molar-refractivity contribution is -0.137. The number of benzene rings is 1. The third-order valence-corrected chi connectivity index (χ3v) is 8.42. The molecule has 0 unspecified atom stereocenters. The smallest absolute Gasteiger partial charge is 0.304 e. The number of aliphatic carboxylic acids is 1. The molecule has 1 aromatic rings. The molecule has 6 nitrogen and oxygen atoms in total. The standard InChI is InChI=1S/C36H46O6/c1-21(2)14-15-26(18-23(5)6)20-36(17-16-22(3)4)34(40)30(28(19-29(37)38)27-12-10-9-11-13-27)33-31(35(36)41)32(39)24(7)25(8)42-33/h9-13,16,18,24-26,28,40H,1,14-15,17,19-20H2,2-8H3,(H,37,38)/t24-,25-,26-,28+,36+/m0/s1. The van der Waals surface area contributed by atoms with Crippen LogP contribution in [0.4, 0.5) is 0 Å². The van der Waals surface area contributed by atoms with E-state index in [0.29, 0.717) is 12.0 Å². The van der Waals surface area contributed by atoms with E-state index in [1.165, 1.54) is 0 Å². The molecular formula is C36H46O6. The van der Waals surface area contributed by atoms with Crippen molar-refractivity contribution >= 4 is 17.5 Å². The molecule has 0 bridgehead atoms. The molecule has 5 atom stereocenters. The van der Waals surface area contributed by atoms with Crippen LogP contribution in [0.2, 0.25) is 0 Å². The summed E-state index contributed by atoms with van der Waals surface area (Å²) in [6.07, 6.45) is 5.04. The first-order valence-electron chi connectivity index (χ1n) is 14.8. The van der Waals surface area contributed by atoms with Crippen molar-refractivity contribution < 1.29 is 29.3 Å². The summed E-state index contributed by atoms with van der Waals surface area (Å²) in [4.78, 5) is 40.9. The Labute approximate surface area is 250 Å². The number of rotatable bonds is 12. The molecule has 0 spiro atoms. The van der Waals surface area contributed by atoms with Crippen LogP contribution in [-0.2, 0) is 19.1 Å². The molecule has 42 heavy (non-hydrogen) atoms. The van der Waals surface area contributed by atoms with E-state index in [-0.39, 0.29) is 53.6 Å². The topological polar surface area (TPSA) is 101 Å². The number of carbonyl (C=O) groups excluding carboxylic acids is 2. The van der Waals surface area contributed by atoms with E-state index in [1.807, 2.05) is 58.9 Å². The Kier molecular flexibility index (Phi) is 10.6. The minimum atomic E-state index is -1.47. The minimum Gasteiger partial charge on any atom is -0.511 e. The van der Waals surface area contributed by atoms with Gasteiger partial charge >= 0.3 is 5.97 Å². The third-order valence-electron chi connectivity index (χ3n) is 8.42. The molecule has 226 valence electrons. The number of allylic oxidation sites excluding steroid dienone is 8. The highest BCUT2D eigenvalue weighted by molar-refractivity contribution is 6.25. The average Bonchev–Trinajstić information content (AvgIpc) is 2.91. The van der Waals surface area contributed by atoms with Crippen molar-refractivity contribution in [2.24, 2.45) is 17.3 Å². The van der Waals surface area contributed by atoms with Crippen LogP contribution < -0.4 is 0 Å². The first kappa shape index (κ1) is 32.8. The van der Waals surface area contributed by atoms with Crippen molar-refractivity contribution in [3.05, 3.63) is 94.0 Å². The summed E-state index contributed by atoms with van der Waals surface area (Å²) in [6, 6.07) is 9.05. The van der Waals surface area contributed by atoms with Gasteiger partial charge in [0, 0.05) is 11.5 Å². The zero-order valence-electron chi connectivity index (χ0n) is 26.1. The molecule has 1 aromatic carbocycles. The van der Waals surface area contributed by atoms with Gasteiger partial charge in [0.1, 0.15) is 23.2 Å². The van der Waals surface area contributed by atoms with Gasteiger partial charge in [-0.25, -0.2) is 0 Å². The van der Waals surface area contributed by atoms with Crippen molar-refractivity contribution in [2.45, 2.75) is 92.6 Å². The lowest BCUT2D eigenvalue weighted by Gasteiger charge is -2.43. The Balaban J connectivity index is 2.42. The van der Waals surface area contributed by atoms with Crippen LogP contribution in [0.5, 0.6) is 0 Å². The fraction of sp³-hybridized carbons (Fsp3) is 0.472. The van der Waals surface area contributed by atoms with Crippen molar-refractivity contribution in [3.8, 4) is 0 Å². The Hall–Kier alpha value is -3.67. The number of ketones is 2. The van der Waals surface area contributed by atoms with Crippen molar-refractivity contribution in [2.75, 3.05) is 0 Å². The zero-order valence-corrected chi connectivity index (χ0v) is 26.1. The second-order valence-corrected chi connectivity index (χ2v) is 12.6. The maximum absolute atomic E-state index is 14.7. The Morgan fingerprint density at radius 2 is 1.71 bits per heavy atom. The molecule has 0 fully saturated rings. The second kappa shape index (κ2) is 13.5. The highest BCUT2D eigenvalue weighted by atomic mass is 16.5. The number of hydrogen-bond donors (Lipinski definition) is 2. The number of Topliss-reactive ketones (excluding diaryl/α,β-unsaturated/α-hetero) is 2. The van der Waals surface area contributed by atoms with E-state index in [4.69, 9.17) is 4.74 Å². The van der Waals surface area contributed by atoms with Crippen LogP contribution in [-0.4, -0.2) is 33.9 Å². The summed E-state index contributed by atoms with van der Waals surface area (Å²) in [6.45, 7) is 17.4. The van der Waals surface area contributed by atoms with Gasteiger partial charge in [-0.2, -0.15) is 0 Å². The molecule has 0 amide bonds. The molecule has 2 aliphatic rings. The van der Waals surface area contributed by atoms with Crippen LogP contribution in [0, 0.1) is 17.3 Å². The maximum atomic E-state index is 14.7. The monoisotopic (exact) mass is 574 g/mol. The van der Waals surface area contributed by atoms with E-state index < -0.39 is 35.1 Å².